The van der Waals surface area contributed by atoms with Gasteiger partial charge in [0.2, 0.25) is 0 Å². The molecule has 60 valence electrons. The van der Waals surface area contributed by atoms with Gasteiger partial charge in [-0.2, -0.15) is 0 Å². The number of H-pyrrole nitrogens is 1. The Kier molecular flexibility index (Phi) is 3.85. The number of halogens is 2. The summed E-state index contributed by atoms with van der Waals surface area (Å²) in [6.07, 6.45) is 5.20. The highest BCUT2D eigenvalue weighted by atomic mass is 35.5. The molecule has 0 aromatic carbocycles. The van der Waals surface area contributed by atoms with E-state index in [2.05, 4.69) is 15.0 Å². The molecule has 0 fully saturated rings. The molecule has 0 saturated heterocycles. The van der Waals surface area contributed by atoms with Gasteiger partial charge >= 0.3 is 0 Å². The normalized spacial score (nSPS) is 8.36. The summed E-state index contributed by atoms with van der Waals surface area (Å²) in [7, 11) is 0. The summed E-state index contributed by atoms with van der Waals surface area (Å²) >= 11 is 0. The number of aromatic nitrogens is 3. The molecular weight excluding hydrogens is 185 g/mol. The van der Waals surface area contributed by atoms with Crippen LogP contribution >= 0.6 is 24.8 Å². The Morgan fingerprint density at radius 1 is 1.09 bits per heavy atom. The van der Waals surface area contributed by atoms with E-state index in [0.29, 0.717) is 0 Å². The molecule has 2 rings (SSSR count). The van der Waals surface area contributed by atoms with Gasteiger partial charge in [0.15, 0.2) is 5.82 Å². The van der Waals surface area contributed by atoms with Crippen molar-refractivity contribution in [2.24, 2.45) is 0 Å². The molecule has 3 nitrogen and oxygen atoms in total. The van der Waals surface area contributed by atoms with Crippen LogP contribution in [-0.2, 0) is 0 Å². The first-order chi connectivity index (χ1) is 4.47. The van der Waals surface area contributed by atoms with Gasteiger partial charge in [0, 0.05) is 18.6 Å². The van der Waals surface area contributed by atoms with Gasteiger partial charge in [0.25, 0.3) is 0 Å². The van der Waals surface area contributed by atoms with Crippen molar-refractivity contribution < 1.29 is 0 Å². The van der Waals surface area contributed by atoms with Crippen LogP contribution in [0.3, 0.4) is 0 Å². The molecule has 2 heterocycles. The lowest BCUT2D eigenvalue weighted by molar-refractivity contribution is 1.16. The van der Waals surface area contributed by atoms with Crippen molar-refractivity contribution in [3.8, 4) is 11.5 Å². The van der Waals surface area contributed by atoms with Gasteiger partial charge in [-0.25, -0.2) is 9.97 Å². The number of rotatable bonds is 0. The summed E-state index contributed by atoms with van der Waals surface area (Å²) in [6, 6.07) is 1.89. The van der Waals surface area contributed by atoms with E-state index in [9.17, 15) is 0 Å². The number of hydrogen-bond donors (Lipinski definition) is 1. The second kappa shape index (κ2) is 4.16. The lowest BCUT2D eigenvalue weighted by Gasteiger charge is -1.90. The third-order valence-electron chi connectivity index (χ3n) is 1.19. The van der Waals surface area contributed by atoms with Crippen LogP contribution in [0, 0.1) is 0 Å². The second-order valence-electron chi connectivity index (χ2n) is 1.77. The minimum atomic E-state index is 0. The molecule has 0 aliphatic carbocycles. The molecule has 11 heavy (non-hydrogen) atoms. The second-order valence-corrected chi connectivity index (χ2v) is 1.77. The van der Waals surface area contributed by atoms with Gasteiger partial charge in [-0.15, -0.1) is 24.8 Å². The molecule has 5 heteroatoms. The standard InChI is InChI=1S/C6H5N3.2ClH/c1-2-8-6-5(1)7-3-4-9-6;;/h1-4,7H;2*1H. The monoisotopic (exact) mass is 191 g/mol. The molecule has 0 amide bonds. The van der Waals surface area contributed by atoms with Crippen LogP contribution in [0.25, 0.3) is 11.5 Å². The van der Waals surface area contributed by atoms with Crippen LogP contribution in [0.2, 0.25) is 0 Å². The fraction of sp³-hybridized carbons (Fsp3) is 0. The molecule has 0 unspecified atom stereocenters. The van der Waals surface area contributed by atoms with E-state index in [0.717, 1.165) is 11.5 Å². The van der Waals surface area contributed by atoms with E-state index in [1.807, 2.05) is 6.07 Å². The van der Waals surface area contributed by atoms with Gasteiger partial charge in [-0.3, -0.25) is 0 Å². The van der Waals surface area contributed by atoms with Crippen LogP contribution in [0.5, 0.6) is 0 Å². The lowest BCUT2D eigenvalue weighted by Crippen LogP contribution is -1.83. The minimum Gasteiger partial charge on any atom is -0.357 e. The van der Waals surface area contributed by atoms with Crippen molar-refractivity contribution in [1.82, 2.24) is 15.0 Å². The SMILES string of the molecule is Cl.Cl.c1c[nH]c2ccnc-2n1. The van der Waals surface area contributed by atoms with Crippen molar-refractivity contribution >= 4 is 24.8 Å². The maximum atomic E-state index is 4.00. The molecule has 0 aromatic rings. The number of aromatic amines is 1. The number of nitrogens with zero attached hydrogens (tertiary/aromatic N) is 2. The number of nitrogens with one attached hydrogen (secondary N) is 1. The topological polar surface area (TPSA) is 41.6 Å². The number of fused-ring (bicyclic) bond motifs is 1. The van der Waals surface area contributed by atoms with E-state index >= 15 is 0 Å². The summed E-state index contributed by atoms with van der Waals surface area (Å²) in [5, 5.41) is 0. The predicted octanol–water partition coefficient (Wildman–Crippen LogP) is 1.75. The van der Waals surface area contributed by atoms with E-state index in [4.69, 9.17) is 0 Å². The Hall–Kier alpha value is -0.800. The van der Waals surface area contributed by atoms with E-state index < -0.39 is 0 Å². The van der Waals surface area contributed by atoms with E-state index in [-0.39, 0.29) is 24.8 Å². The average molecular weight is 192 g/mol. The van der Waals surface area contributed by atoms with Crippen molar-refractivity contribution in [2.75, 3.05) is 0 Å². The Morgan fingerprint density at radius 3 is 2.55 bits per heavy atom. The molecule has 2 aliphatic rings. The van der Waals surface area contributed by atoms with Gasteiger partial charge in [0.1, 0.15) is 0 Å². The zero-order valence-corrected chi connectivity index (χ0v) is 7.15. The predicted molar refractivity (Wildman–Crippen MR) is 47.5 cm³/mol. The molecule has 1 N–H and O–H groups in total. The first-order valence-electron chi connectivity index (χ1n) is 2.71. The fourth-order valence-corrected chi connectivity index (χ4v) is 0.777. The summed E-state index contributed by atoms with van der Waals surface area (Å²) in [5.74, 6) is 0.775. The summed E-state index contributed by atoms with van der Waals surface area (Å²) < 4.78 is 0. The maximum Gasteiger partial charge on any atom is 0.175 e. The number of hydrogen-bond acceptors (Lipinski definition) is 2. The zero-order chi connectivity index (χ0) is 6.10. The Morgan fingerprint density at radius 2 is 1.82 bits per heavy atom. The molecule has 0 spiro atoms. The van der Waals surface area contributed by atoms with E-state index in [1.165, 1.54) is 0 Å². The highest BCUT2D eigenvalue weighted by Gasteiger charge is 1.99. The first-order valence-corrected chi connectivity index (χ1v) is 2.71. The van der Waals surface area contributed by atoms with Crippen molar-refractivity contribution in [2.45, 2.75) is 0 Å². The van der Waals surface area contributed by atoms with Crippen LogP contribution in [0.4, 0.5) is 0 Å². The van der Waals surface area contributed by atoms with Gasteiger partial charge in [-0.05, 0) is 6.07 Å². The Labute approximate surface area is 76.4 Å². The molecule has 0 radical (unpaired) electrons. The zero-order valence-electron chi connectivity index (χ0n) is 5.52. The quantitative estimate of drug-likeness (QED) is 0.690. The summed E-state index contributed by atoms with van der Waals surface area (Å²) in [5.41, 5.74) is 0.984. The van der Waals surface area contributed by atoms with Crippen LogP contribution < -0.4 is 0 Å². The van der Waals surface area contributed by atoms with Crippen molar-refractivity contribution in [3.05, 3.63) is 24.7 Å². The molecule has 0 saturated carbocycles. The summed E-state index contributed by atoms with van der Waals surface area (Å²) in [6.45, 7) is 0. The van der Waals surface area contributed by atoms with Crippen LogP contribution in [0.1, 0.15) is 0 Å². The maximum absolute atomic E-state index is 4.00. The largest absolute Gasteiger partial charge is 0.357 e. The van der Waals surface area contributed by atoms with Crippen molar-refractivity contribution in [3.63, 3.8) is 0 Å². The third kappa shape index (κ3) is 1.82. The first kappa shape index (κ1) is 10.2. The fourth-order valence-electron chi connectivity index (χ4n) is 0.777. The Bertz CT molecular complexity index is 256. The lowest BCUT2D eigenvalue weighted by atomic mass is 10.4. The molecule has 0 bridgehead atoms. The highest BCUT2D eigenvalue weighted by Crippen LogP contribution is 2.10. The third-order valence-corrected chi connectivity index (χ3v) is 1.19. The Balaban J connectivity index is 0.000000500. The van der Waals surface area contributed by atoms with Crippen molar-refractivity contribution in [1.29, 1.82) is 0 Å². The van der Waals surface area contributed by atoms with Gasteiger partial charge < -0.3 is 4.98 Å². The van der Waals surface area contributed by atoms with Crippen LogP contribution in [-0.4, -0.2) is 15.0 Å². The minimum absolute atomic E-state index is 0. The smallest absolute Gasteiger partial charge is 0.175 e. The molecule has 0 aromatic heterocycles. The van der Waals surface area contributed by atoms with Crippen LogP contribution in [0.15, 0.2) is 24.7 Å². The summed E-state index contributed by atoms with van der Waals surface area (Å²) in [4.78, 5) is 11.0. The molecular formula is C6H7Cl2N3. The molecule has 2 aliphatic heterocycles. The highest BCUT2D eigenvalue weighted by molar-refractivity contribution is 5.85. The average Bonchev–Trinajstić information content (AvgIpc) is 2.33. The molecule has 0 atom stereocenters. The van der Waals surface area contributed by atoms with Gasteiger partial charge in [-0.1, -0.05) is 0 Å². The van der Waals surface area contributed by atoms with Gasteiger partial charge in [0.05, 0.1) is 5.69 Å². The van der Waals surface area contributed by atoms with E-state index in [1.54, 1.807) is 18.6 Å².